The molecule has 8 heteroatoms. The van der Waals surface area contributed by atoms with Gasteiger partial charge in [-0.3, -0.25) is 9.59 Å². The van der Waals surface area contributed by atoms with Gasteiger partial charge in [0.05, 0.1) is 5.75 Å². The highest BCUT2D eigenvalue weighted by Crippen LogP contribution is 2.27. The van der Waals surface area contributed by atoms with Gasteiger partial charge < -0.3 is 10.2 Å². The zero-order valence-electron chi connectivity index (χ0n) is 18.0. The number of carbonyl (C=O) groups excluding carboxylic acids is 2. The standard InChI is InChI=1S/C23H27Cl2FN2O2S/c1-15(22(30)27-23(2,3)4)28(12-18-19(24)6-5-7-20(18)25)21(29)14-31-13-16-8-10-17(26)11-9-16/h5-11,15H,12-14H2,1-4H3,(H,27,30)/t15-/m0/s1. The largest absolute Gasteiger partial charge is 0.350 e. The van der Waals surface area contributed by atoms with Gasteiger partial charge in [-0.25, -0.2) is 4.39 Å². The molecule has 0 spiro atoms. The lowest BCUT2D eigenvalue weighted by Gasteiger charge is -2.32. The molecule has 2 rings (SSSR count). The molecule has 1 atom stereocenters. The second-order valence-electron chi connectivity index (χ2n) is 8.26. The van der Waals surface area contributed by atoms with Gasteiger partial charge in [0, 0.05) is 33.4 Å². The highest BCUT2D eigenvalue weighted by atomic mass is 35.5. The van der Waals surface area contributed by atoms with Gasteiger partial charge in [0.15, 0.2) is 0 Å². The third-order valence-electron chi connectivity index (χ3n) is 4.46. The summed E-state index contributed by atoms with van der Waals surface area (Å²) in [6, 6.07) is 10.6. The maximum absolute atomic E-state index is 13.1. The monoisotopic (exact) mass is 484 g/mol. The van der Waals surface area contributed by atoms with Crippen molar-refractivity contribution in [1.29, 1.82) is 0 Å². The van der Waals surface area contributed by atoms with Crippen LogP contribution in [0.2, 0.25) is 10.0 Å². The predicted octanol–water partition coefficient (Wildman–Crippen LogP) is 5.70. The first kappa shape index (κ1) is 25.5. The van der Waals surface area contributed by atoms with Crippen LogP contribution in [0.5, 0.6) is 0 Å². The summed E-state index contributed by atoms with van der Waals surface area (Å²) in [5.74, 6) is -0.0551. The van der Waals surface area contributed by atoms with Gasteiger partial charge in [0.2, 0.25) is 11.8 Å². The van der Waals surface area contributed by atoms with E-state index in [0.29, 0.717) is 21.4 Å². The van der Waals surface area contributed by atoms with Crippen molar-refractivity contribution in [3.8, 4) is 0 Å². The second-order valence-corrected chi connectivity index (χ2v) is 10.1. The molecule has 0 radical (unpaired) electrons. The van der Waals surface area contributed by atoms with E-state index in [1.54, 1.807) is 37.3 Å². The lowest BCUT2D eigenvalue weighted by molar-refractivity contribution is -0.139. The number of amides is 2. The number of nitrogens with one attached hydrogen (secondary N) is 1. The normalized spacial score (nSPS) is 12.4. The Labute approximate surface area is 197 Å². The Hall–Kier alpha value is -1.76. The van der Waals surface area contributed by atoms with Crippen LogP contribution in [0, 0.1) is 5.82 Å². The number of rotatable bonds is 8. The molecule has 0 fully saturated rings. The van der Waals surface area contributed by atoms with E-state index < -0.39 is 11.6 Å². The highest BCUT2D eigenvalue weighted by Gasteiger charge is 2.29. The van der Waals surface area contributed by atoms with Gasteiger partial charge in [0.25, 0.3) is 0 Å². The van der Waals surface area contributed by atoms with Crippen LogP contribution in [0.3, 0.4) is 0 Å². The van der Waals surface area contributed by atoms with E-state index >= 15 is 0 Å². The van der Waals surface area contributed by atoms with Crippen molar-refractivity contribution in [2.75, 3.05) is 5.75 Å². The van der Waals surface area contributed by atoms with Gasteiger partial charge in [-0.2, -0.15) is 0 Å². The van der Waals surface area contributed by atoms with Gasteiger partial charge in [0.1, 0.15) is 11.9 Å². The maximum atomic E-state index is 13.1. The summed E-state index contributed by atoms with van der Waals surface area (Å²) in [6.45, 7) is 7.45. The molecule has 0 heterocycles. The summed E-state index contributed by atoms with van der Waals surface area (Å²) in [5.41, 5.74) is 1.08. The highest BCUT2D eigenvalue weighted by molar-refractivity contribution is 7.99. The SMILES string of the molecule is C[C@@H](C(=O)NC(C)(C)C)N(Cc1c(Cl)cccc1Cl)C(=O)CSCc1ccc(F)cc1. The molecule has 31 heavy (non-hydrogen) atoms. The molecule has 0 bridgehead atoms. The van der Waals surface area contributed by atoms with E-state index in [1.807, 2.05) is 20.8 Å². The van der Waals surface area contributed by atoms with E-state index in [0.717, 1.165) is 5.56 Å². The van der Waals surface area contributed by atoms with Crippen LogP contribution in [0.25, 0.3) is 0 Å². The van der Waals surface area contributed by atoms with Crippen LogP contribution < -0.4 is 5.32 Å². The molecule has 0 aliphatic rings. The molecule has 4 nitrogen and oxygen atoms in total. The summed E-state index contributed by atoms with van der Waals surface area (Å²) in [5, 5.41) is 3.79. The Morgan fingerprint density at radius 1 is 1.10 bits per heavy atom. The first-order valence-corrected chi connectivity index (χ1v) is 11.8. The third kappa shape index (κ3) is 8.02. The van der Waals surface area contributed by atoms with Crippen molar-refractivity contribution in [3.05, 3.63) is 69.5 Å². The Kier molecular flexibility index (Phi) is 9.22. The maximum Gasteiger partial charge on any atom is 0.242 e. The average Bonchev–Trinajstić information content (AvgIpc) is 2.67. The van der Waals surface area contributed by atoms with Crippen molar-refractivity contribution in [3.63, 3.8) is 0 Å². The fourth-order valence-corrected chi connectivity index (χ4v) is 4.22. The van der Waals surface area contributed by atoms with Gasteiger partial charge in [-0.05, 0) is 57.5 Å². The molecule has 2 amide bonds. The molecule has 2 aromatic rings. The zero-order valence-corrected chi connectivity index (χ0v) is 20.4. The Bertz CT molecular complexity index is 897. The van der Waals surface area contributed by atoms with E-state index in [9.17, 15) is 14.0 Å². The van der Waals surface area contributed by atoms with Crippen LogP contribution in [0.4, 0.5) is 4.39 Å². The summed E-state index contributed by atoms with van der Waals surface area (Å²) >= 11 is 14.0. The van der Waals surface area contributed by atoms with Crippen molar-refractivity contribution < 1.29 is 14.0 Å². The number of hydrogen-bond donors (Lipinski definition) is 1. The van der Waals surface area contributed by atoms with Crippen LogP contribution in [0.15, 0.2) is 42.5 Å². The summed E-state index contributed by atoms with van der Waals surface area (Å²) < 4.78 is 13.1. The topological polar surface area (TPSA) is 49.4 Å². The number of benzene rings is 2. The molecular formula is C23H27Cl2FN2O2S. The number of carbonyl (C=O) groups is 2. The smallest absolute Gasteiger partial charge is 0.242 e. The number of nitrogens with zero attached hydrogens (tertiary/aromatic N) is 1. The Balaban J connectivity index is 2.16. The van der Waals surface area contributed by atoms with Crippen molar-refractivity contribution in [2.45, 2.75) is 51.6 Å². The average molecular weight is 485 g/mol. The molecule has 0 aromatic heterocycles. The second kappa shape index (κ2) is 11.2. The van der Waals surface area contributed by atoms with E-state index in [-0.39, 0.29) is 29.9 Å². The van der Waals surface area contributed by atoms with Crippen LogP contribution in [0.1, 0.15) is 38.8 Å². The lowest BCUT2D eigenvalue weighted by Crippen LogP contribution is -2.52. The number of hydrogen-bond acceptors (Lipinski definition) is 3. The molecule has 0 saturated heterocycles. The fourth-order valence-electron chi connectivity index (χ4n) is 2.83. The van der Waals surface area contributed by atoms with Crippen LogP contribution in [-0.2, 0) is 21.9 Å². The van der Waals surface area contributed by atoms with Crippen molar-refractivity contribution in [2.24, 2.45) is 0 Å². The van der Waals surface area contributed by atoms with Gasteiger partial charge >= 0.3 is 0 Å². The predicted molar refractivity (Wildman–Crippen MR) is 127 cm³/mol. The van der Waals surface area contributed by atoms with Crippen molar-refractivity contribution in [1.82, 2.24) is 10.2 Å². The molecule has 0 aliphatic carbocycles. The van der Waals surface area contributed by atoms with Crippen LogP contribution >= 0.6 is 35.0 Å². The molecule has 0 saturated carbocycles. The Morgan fingerprint density at radius 2 is 1.68 bits per heavy atom. The molecule has 0 aliphatic heterocycles. The van der Waals surface area contributed by atoms with E-state index in [1.165, 1.54) is 28.8 Å². The Morgan fingerprint density at radius 3 is 2.23 bits per heavy atom. The van der Waals surface area contributed by atoms with Crippen LogP contribution in [-0.4, -0.2) is 34.0 Å². The molecule has 1 N–H and O–H groups in total. The number of thioether (sulfide) groups is 1. The third-order valence-corrected chi connectivity index (χ3v) is 6.16. The zero-order chi connectivity index (χ0) is 23.2. The first-order chi connectivity index (χ1) is 14.5. The first-order valence-electron chi connectivity index (χ1n) is 9.84. The molecule has 168 valence electrons. The fraction of sp³-hybridized carbons (Fsp3) is 0.391. The number of halogens is 3. The minimum absolute atomic E-state index is 0.118. The minimum atomic E-state index is -0.717. The van der Waals surface area contributed by atoms with Gasteiger partial charge in [-0.15, -0.1) is 11.8 Å². The van der Waals surface area contributed by atoms with E-state index in [4.69, 9.17) is 23.2 Å². The van der Waals surface area contributed by atoms with Crippen molar-refractivity contribution >= 4 is 46.8 Å². The van der Waals surface area contributed by atoms with Gasteiger partial charge in [-0.1, -0.05) is 41.4 Å². The lowest BCUT2D eigenvalue weighted by atomic mass is 10.1. The quantitative estimate of drug-likeness (QED) is 0.522. The minimum Gasteiger partial charge on any atom is -0.350 e. The molecular weight excluding hydrogens is 458 g/mol. The summed E-state index contributed by atoms with van der Waals surface area (Å²) in [6.07, 6.45) is 0. The van der Waals surface area contributed by atoms with E-state index in [2.05, 4.69) is 5.32 Å². The summed E-state index contributed by atoms with van der Waals surface area (Å²) in [4.78, 5) is 27.4. The summed E-state index contributed by atoms with van der Waals surface area (Å²) in [7, 11) is 0. The molecule has 2 aromatic carbocycles. The molecule has 0 unspecified atom stereocenters.